The van der Waals surface area contributed by atoms with E-state index in [2.05, 4.69) is 36.9 Å². The average molecular weight is 565 g/mol. The Hall–Kier alpha value is -2.18. The van der Waals surface area contributed by atoms with Crippen LogP contribution < -0.4 is 10.6 Å². The fraction of sp³-hybridized carbons (Fsp3) is 0.609. The summed E-state index contributed by atoms with van der Waals surface area (Å²) in [6.07, 6.45) is 1.39. The van der Waals surface area contributed by atoms with Crippen molar-refractivity contribution in [2.75, 3.05) is 13.2 Å². The van der Waals surface area contributed by atoms with E-state index < -0.39 is 28.7 Å². The second-order valence-electron chi connectivity index (χ2n) is 9.51. The van der Waals surface area contributed by atoms with Gasteiger partial charge in [-0.15, -0.1) is 16.9 Å². The van der Waals surface area contributed by atoms with Gasteiger partial charge in [-0.25, -0.2) is 4.68 Å². The molecule has 3 saturated heterocycles. The quantitative estimate of drug-likeness (QED) is 0.406. The molecule has 4 heterocycles. The number of alkyl halides is 1. The van der Waals surface area contributed by atoms with Gasteiger partial charge in [0.1, 0.15) is 18.2 Å². The predicted molar refractivity (Wildman–Crippen MR) is 135 cm³/mol. The number of benzene rings is 1. The summed E-state index contributed by atoms with van der Waals surface area (Å²) in [5, 5.41) is 24.0. The van der Waals surface area contributed by atoms with Crippen LogP contribution >= 0.6 is 27.7 Å². The molecule has 35 heavy (non-hydrogen) atoms. The maximum atomic E-state index is 13.8. The summed E-state index contributed by atoms with van der Waals surface area (Å²) in [5.74, 6) is -1.82. The number of nitrogens with one attached hydrogen (secondary N) is 2. The highest BCUT2D eigenvalue weighted by atomic mass is 79.9. The molecule has 3 unspecified atom stereocenters. The average Bonchev–Trinajstić information content (AvgIpc) is 3.57. The van der Waals surface area contributed by atoms with Crippen molar-refractivity contribution in [3.05, 3.63) is 24.3 Å². The van der Waals surface area contributed by atoms with Crippen molar-refractivity contribution >= 4 is 56.4 Å². The fourth-order valence-corrected chi connectivity index (χ4v) is 9.48. The number of amides is 3. The van der Waals surface area contributed by atoms with Crippen molar-refractivity contribution in [3.8, 4) is 0 Å². The molecule has 2 aromatic rings. The topological polar surface area (TPSA) is 129 Å². The van der Waals surface area contributed by atoms with Crippen LogP contribution in [0, 0.1) is 11.8 Å². The first-order valence-electron chi connectivity index (χ1n) is 11.9. The minimum Gasteiger partial charge on any atom is -0.394 e. The first-order valence-corrected chi connectivity index (χ1v) is 13.7. The van der Waals surface area contributed by atoms with Gasteiger partial charge in [-0.2, -0.15) is 0 Å². The molecule has 0 aliphatic carbocycles. The SMILES string of the molecule is CCCNC(=O)[C@H]1[C@H]2C(=O)N([C@H](C)CO)C(C(=O)NCn3nnc4ccccc43)C23CC(Br)[C@@H]1S3. The Bertz CT molecular complexity index is 1160. The molecule has 188 valence electrons. The summed E-state index contributed by atoms with van der Waals surface area (Å²) in [4.78, 5) is 42.2. The van der Waals surface area contributed by atoms with Crippen molar-refractivity contribution < 1.29 is 19.5 Å². The zero-order chi connectivity index (χ0) is 24.9. The third-order valence-corrected chi connectivity index (χ3v) is 10.6. The zero-order valence-corrected chi connectivity index (χ0v) is 22.0. The number of halogens is 1. The number of nitrogens with zero attached hydrogens (tertiary/aromatic N) is 4. The van der Waals surface area contributed by atoms with Crippen LogP contribution in [0.3, 0.4) is 0 Å². The zero-order valence-electron chi connectivity index (χ0n) is 19.6. The van der Waals surface area contributed by atoms with E-state index in [9.17, 15) is 19.5 Å². The number of para-hydroxylation sites is 1. The molecule has 3 amide bonds. The summed E-state index contributed by atoms with van der Waals surface area (Å²) in [6, 6.07) is 6.10. The molecular weight excluding hydrogens is 536 g/mol. The van der Waals surface area contributed by atoms with Gasteiger partial charge in [0.05, 0.1) is 34.7 Å². The highest BCUT2D eigenvalue weighted by Gasteiger charge is 2.75. The Balaban J connectivity index is 1.46. The van der Waals surface area contributed by atoms with Gasteiger partial charge in [0.25, 0.3) is 0 Å². The van der Waals surface area contributed by atoms with Crippen LogP contribution in [0.1, 0.15) is 26.7 Å². The van der Waals surface area contributed by atoms with E-state index in [1.807, 2.05) is 31.2 Å². The number of hydrogen-bond acceptors (Lipinski definition) is 7. The number of carbonyl (C=O) groups excluding carboxylic acids is 3. The molecular formula is C23H29BrN6O4S. The molecule has 3 aliphatic heterocycles. The standard InChI is InChI=1S/C23H29BrN6O4S/c1-3-8-25-20(32)16-17-22(34)30(12(2)10-31)19(23(17)9-13(24)18(16)35-23)21(33)26-11-29-15-7-5-4-6-14(15)27-28-29/h4-7,12-13,16-19,31H,3,8-11H2,1-2H3,(H,25,32)(H,26,33)/t12-,13?,16+,17+,18+,19?,23?/m1/s1. The summed E-state index contributed by atoms with van der Waals surface area (Å²) >= 11 is 5.32. The van der Waals surface area contributed by atoms with Crippen molar-refractivity contribution in [1.29, 1.82) is 0 Å². The number of aliphatic hydroxyl groups is 1. The lowest BCUT2D eigenvalue weighted by atomic mass is 9.70. The summed E-state index contributed by atoms with van der Waals surface area (Å²) in [7, 11) is 0. The summed E-state index contributed by atoms with van der Waals surface area (Å²) < 4.78 is 0.856. The second-order valence-corrected chi connectivity index (χ2v) is 12.2. The number of hydrogen-bond donors (Lipinski definition) is 3. The molecule has 1 aromatic carbocycles. The van der Waals surface area contributed by atoms with Crippen molar-refractivity contribution in [1.82, 2.24) is 30.5 Å². The maximum Gasteiger partial charge on any atom is 0.245 e. The van der Waals surface area contributed by atoms with E-state index in [1.165, 1.54) is 4.90 Å². The Labute approximate surface area is 215 Å². The lowest BCUT2D eigenvalue weighted by molar-refractivity contribution is -0.142. The van der Waals surface area contributed by atoms with Gasteiger partial charge >= 0.3 is 0 Å². The Kier molecular flexibility index (Phi) is 6.56. The highest BCUT2D eigenvalue weighted by Crippen LogP contribution is 2.67. The minimum absolute atomic E-state index is 0.00729. The molecule has 5 rings (SSSR count). The Morgan fingerprint density at radius 3 is 2.83 bits per heavy atom. The maximum absolute atomic E-state index is 13.8. The monoisotopic (exact) mass is 564 g/mol. The summed E-state index contributed by atoms with van der Waals surface area (Å²) in [6.45, 7) is 4.08. The van der Waals surface area contributed by atoms with E-state index >= 15 is 0 Å². The Morgan fingerprint density at radius 1 is 1.31 bits per heavy atom. The third-order valence-electron chi connectivity index (χ3n) is 7.39. The van der Waals surface area contributed by atoms with Crippen LogP contribution in [0.15, 0.2) is 24.3 Å². The third kappa shape index (κ3) is 3.75. The molecule has 1 spiro atoms. The number of thioether (sulfide) groups is 1. The lowest BCUT2D eigenvalue weighted by Crippen LogP contribution is -2.56. The van der Waals surface area contributed by atoms with Crippen LogP contribution in [-0.2, 0) is 21.1 Å². The molecule has 3 N–H and O–H groups in total. The number of aliphatic hydroxyl groups excluding tert-OH is 1. The largest absolute Gasteiger partial charge is 0.394 e. The van der Waals surface area contributed by atoms with Crippen LogP contribution in [0.2, 0.25) is 0 Å². The highest BCUT2D eigenvalue weighted by molar-refractivity contribution is 9.09. The minimum atomic E-state index is -0.809. The molecule has 1 aromatic heterocycles. The van der Waals surface area contributed by atoms with E-state index in [-0.39, 0.29) is 41.1 Å². The van der Waals surface area contributed by atoms with Crippen molar-refractivity contribution in [2.24, 2.45) is 11.8 Å². The van der Waals surface area contributed by atoms with Gasteiger partial charge in [-0.1, -0.05) is 40.2 Å². The van der Waals surface area contributed by atoms with Gasteiger partial charge in [-0.3, -0.25) is 14.4 Å². The second kappa shape index (κ2) is 9.36. The molecule has 3 fully saturated rings. The first-order chi connectivity index (χ1) is 16.8. The molecule has 2 bridgehead atoms. The van der Waals surface area contributed by atoms with Crippen LogP contribution in [0.25, 0.3) is 11.0 Å². The predicted octanol–water partition coefficient (Wildman–Crippen LogP) is 0.877. The van der Waals surface area contributed by atoms with Crippen LogP contribution in [0.5, 0.6) is 0 Å². The molecule has 0 saturated carbocycles. The van der Waals surface area contributed by atoms with Gasteiger partial charge in [-0.05, 0) is 31.9 Å². The van der Waals surface area contributed by atoms with Crippen molar-refractivity contribution in [3.63, 3.8) is 0 Å². The lowest BCUT2D eigenvalue weighted by Gasteiger charge is -2.36. The molecule has 12 heteroatoms. The van der Waals surface area contributed by atoms with E-state index in [1.54, 1.807) is 23.4 Å². The smallest absolute Gasteiger partial charge is 0.245 e. The number of carbonyl (C=O) groups is 3. The molecule has 7 atom stereocenters. The van der Waals surface area contributed by atoms with Gasteiger partial charge in [0.15, 0.2) is 0 Å². The van der Waals surface area contributed by atoms with E-state index in [0.717, 1.165) is 17.5 Å². The molecule has 10 nitrogen and oxygen atoms in total. The number of fused-ring (bicyclic) bond motifs is 2. The van der Waals surface area contributed by atoms with Gasteiger partial charge in [0, 0.05) is 16.6 Å². The van der Waals surface area contributed by atoms with E-state index in [4.69, 9.17) is 0 Å². The normalized spacial score (nSPS) is 32.2. The van der Waals surface area contributed by atoms with Gasteiger partial charge in [0.2, 0.25) is 17.7 Å². The number of likely N-dealkylation sites (tertiary alicyclic amines) is 1. The molecule has 3 aliphatic rings. The van der Waals surface area contributed by atoms with Crippen LogP contribution in [0.4, 0.5) is 0 Å². The molecule has 0 radical (unpaired) electrons. The number of aromatic nitrogens is 3. The van der Waals surface area contributed by atoms with Crippen LogP contribution in [-0.4, -0.2) is 82.8 Å². The van der Waals surface area contributed by atoms with E-state index in [0.29, 0.717) is 13.0 Å². The Morgan fingerprint density at radius 2 is 2.09 bits per heavy atom. The summed E-state index contributed by atoms with van der Waals surface area (Å²) in [5.41, 5.74) is 1.51. The first kappa shape index (κ1) is 24.5. The fourth-order valence-electron chi connectivity index (χ4n) is 5.88. The van der Waals surface area contributed by atoms with Gasteiger partial charge < -0.3 is 20.6 Å². The number of rotatable bonds is 8. The van der Waals surface area contributed by atoms with Crippen molar-refractivity contribution in [2.45, 2.75) is 60.3 Å².